The second kappa shape index (κ2) is 2.98. The van der Waals surface area contributed by atoms with Crippen LogP contribution in [0.3, 0.4) is 0 Å². The Kier molecular flexibility index (Phi) is 2.03. The van der Waals surface area contributed by atoms with Crippen molar-refractivity contribution in [2.45, 2.75) is 0 Å². The van der Waals surface area contributed by atoms with Gasteiger partial charge in [0.15, 0.2) is 6.29 Å². The van der Waals surface area contributed by atoms with Crippen molar-refractivity contribution in [3.8, 4) is 12.3 Å². The molecule has 2 heteroatoms. The Hall–Kier alpha value is -1.62. The van der Waals surface area contributed by atoms with Gasteiger partial charge < -0.3 is 0 Å². The molecule has 0 fully saturated rings. The van der Waals surface area contributed by atoms with E-state index in [4.69, 9.17) is 6.42 Å². The first-order chi connectivity index (χ1) is 5.29. The van der Waals surface area contributed by atoms with Crippen LogP contribution in [0.1, 0.15) is 15.9 Å². The molecule has 0 N–H and O–H groups in total. The number of carbonyl (C=O) groups is 1. The van der Waals surface area contributed by atoms with Gasteiger partial charge >= 0.3 is 0 Å². The Bertz CT molecular complexity index is 323. The molecule has 0 atom stereocenters. The summed E-state index contributed by atoms with van der Waals surface area (Å²) in [4.78, 5) is 10.3. The maximum atomic E-state index is 12.7. The summed E-state index contributed by atoms with van der Waals surface area (Å²) >= 11 is 0. The van der Waals surface area contributed by atoms with Crippen molar-refractivity contribution >= 4 is 6.29 Å². The van der Waals surface area contributed by atoms with Crippen LogP contribution in [0.15, 0.2) is 18.2 Å². The Labute approximate surface area is 63.9 Å². The van der Waals surface area contributed by atoms with Gasteiger partial charge in [-0.1, -0.05) is 18.1 Å². The molecule has 0 saturated heterocycles. The summed E-state index contributed by atoms with van der Waals surface area (Å²) in [5, 5.41) is 0. The Morgan fingerprint density at radius 3 is 2.73 bits per heavy atom. The van der Waals surface area contributed by atoms with Gasteiger partial charge in [0.05, 0.1) is 5.56 Å². The number of benzene rings is 1. The third kappa shape index (κ3) is 1.27. The lowest BCUT2D eigenvalue weighted by molar-refractivity contribution is 0.112. The Morgan fingerprint density at radius 1 is 1.55 bits per heavy atom. The highest BCUT2D eigenvalue weighted by Crippen LogP contribution is 2.09. The molecule has 1 nitrogen and oxygen atoms in total. The molecule has 0 saturated carbocycles. The number of halogens is 1. The van der Waals surface area contributed by atoms with Crippen LogP contribution in [-0.4, -0.2) is 6.29 Å². The van der Waals surface area contributed by atoms with Gasteiger partial charge in [0.2, 0.25) is 0 Å². The minimum absolute atomic E-state index is 0.0301. The highest BCUT2D eigenvalue weighted by molar-refractivity contribution is 5.79. The molecule has 11 heavy (non-hydrogen) atoms. The number of hydrogen-bond acceptors (Lipinski definition) is 1. The minimum Gasteiger partial charge on any atom is -0.298 e. The van der Waals surface area contributed by atoms with Crippen LogP contribution in [0.2, 0.25) is 0 Å². The zero-order chi connectivity index (χ0) is 8.27. The first-order valence-corrected chi connectivity index (χ1v) is 3.00. The van der Waals surface area contributed by atoms with Gasteiger partial charge in [0.1, 0.15) is 5.82 Å². The molecule has 0 radical (unpaired) electrons. The van der Waals surface area contributed by atoms with Crippen molar-refractivity contribution in [1.82, 2.24) is 0 Å². The van der Waals surface area contributed by atoms with Gasteiger partial charge in [-0.3, -0.25) is 4.79 Å². The maximum absolute atomic E-state index is 12.7. The molecule has 0 spiro atoms. The highest BCUT2D eigenvalue weighted by atomic mass is 19.1. The molecule has 1 rings (SSSR count). The van der Waals surface area contributed by atoms with E-state index < -0.39 is 5.82 Å². The van der Waals surface area contributed by atoms with E-state index in [0.717, 1.165) is 0 Å². The van der Waals surface area contributed by atoms with Gasteiger partial charge in [-0.2, -0.15) is 0 Å². The van der Waals surface area contributed by atoms with E-state index in [1.165, 1.54) is 18.2 Å². The number of aldehydes is 1. The molecule has 1 aromatic rings. The average Bonchev–Trinajstić information content (AvgIpc) is 2.04. The fraction of sp³-hybridized carbons (Fsp3) is 0. The number of rotatable bonds is 1. The van der Waals surface area contributed by atoms with Crippen LogP contribution in [0.4, 0.5) is 4.39 Å². The largest absolute Gasteiger partial charge is 0.298 e. The van der Waals surface area contributed by atoms with E-state index in [0.29, 0.717) is 6.29 Å². The third-order valence-electron chi connectivity index (χ3n) is 1.32. The van der Waals surface area contributed by atoms with Crippen molar-refractivity contribution in [3.63, 3.8) is 0 Å². The lowest BCUT2D eigenvalue weighted by Crippen LogP contribution is -1.90. The second-order valence-electron chi connectivity index (χ2n) is 1.97. The molecule has 0 bridgehead atoms. The molecular weight excluding hydrogens is 143 g/mol. The molecule has 0 unspecified atom stereocenters. The first kappa shape index (κ1) is 7.49. The lowest BCUT2D eigenvalue weighted by atomic mass is 10.1. The second-order valence-corrected chi connectivity index (χ2v) is 1.97. The smallest absolute Gasteiger partial charge is 0.151 e. The normalized spacial score (nSPS) is 8.73. The fourth-order valence-corrected chi connectivity index (χ4v) is 0.791. The van der Waals surface area contributed by atoms with Crippen LogP contribution in [0, 0.1) is 18.2 Å². The molecule has 0 aliphatic carbocycles. The predicted molar refractivity (Wildman–Crippen MR) is 39.7 cm³/mol. The summed E-state index contributed by atoms with van der Waals surface area (Å²) in [6.45, 7) is 0. The SMILES string of the molecule is C#Cc1c(F)cccc1C=O. The van der Waals surface area contributed by atoms with Crippen molar-refractivity contribution in [2.75, 3.05) is 0 Å². The molecule has 0 aromatic heterocycles. The van der Waals surface area contributed by atoms with Crippen molar-refractivity contribution in [2.24, 2.45) is 0 Å². The van der Waals surface area contributed by atoms with Gasteiger partial charge in [0.25, 0.3) is 0 Å². The fourth-order valence-electron chi connectivity index (χ4n) is 0.791. The maximum Gasteiger partial charge on any atom is 0.151 e. The van der Waals surface area contributed by atoms with Crippen molar-refractivity contribution in [3.05, 3.63) is 35.1 Å². The van der Waals surface area contributed by atoms with Crippen LogP contribution in [-0.2, 0) is 0 Å². The average molecular weight is 148 g/mol. The zero-order valence-electron chi connectivity index (χ0n) is 5.67. The molecule has 1 aromatic carbocycles. The Morgan fingerprint density at radius 2 is 2.27 bits per heavy atom. The topological polar surface area (TPSA) is 17.1 Å². The summed E-state index contributed by atoms with van der Waals surface area (Å²) in [6, 6.07) is 4.15. The summed E-state index contributed by atoms with van der Waals surface area (Å²) in [7, 11) is 0. The molecule has 0 aliphatic rings. The predicted octanol–water partition coefficient (Wildman–Crippen LogP) is 1.62. The summed E-state index contributed by atoms with van der Waals surface area (Å²) in [6.07, 6.45) is 5.52. The summed E-state index contributed by atoms with van der Waals surface area (Å²) < 4.78 is 12.7. The van der Waals surface area contributed by atoms with E-state index >= 15 is 0 Å². The van der Waals surface area contributed by atoms with Crippen molar-refractivity contribution < 1.29 is 9.18 Å². The minimum atomic E-state index is -0.530. The van der Waals surface area contributed by atoms with Crippen LogP contribution < -0.4 is 0 Å². The number of terminal acetylenes is 1. The third-order valence-corrected chi connectivity index (χ3v) is 1.32. The number of carbonyl (C=O) groups excluding carboxylic acids is 1. The van der Waals surface area contributed by atoms with E-state index in [1.807, 2.05) is 0 Å². The summed E-state index contributed by atoms with van der Waals surface area (Å²) in [5.41, 5.74) is 0.245. The quantitative estimate of drug-likeness (QED) is 0.437. The van der Waals surface area contributed by atoms with Crippen molar-refractivity contribution in [1.29, 1.82) is 0 Å². The molecular formula is C9H5FO. The molecule has 0 aliphatic heterocycles. The lowest BCUT2D eigenvalue weighted by Gasteiger charge is -1.95. The molecule has 0 heterocycles. The monoisotopic (exact) mass is 148 g/mol. The van der Waals surface area contributed by atoms with Crippen LogP contribution in [0.25, 0.3) is 0 Å². The van der Waals surface area contributed by atoms with E-state index in [1.54, 1.807) is 0 Å². The molecule has 0 amide bonds. The van der Waals surface area contributed by atoms with Gasteiger partial charge in [-0.25, -0.2) is 4.39 Å². The van der Waals surface area contributed by atoms with Crippen LogP contribution >= 0.6 is 0 Å². The van der Waals surface area contributed by atoms with Gasteiger partial charge in [-0.05, 0) is 6.07 Å². The van der Waals surface area contributed by atoms with E-state index in [2.05, 4.69) is 5.92 Å². The highest BCUT2D eigenvalue weighted by Gasteiger charge is 2.02. The Balaban J connectivity index is 3.38. The summed E-state index contributed by atoms with van der Waals surface area (Å²) in [5.74, 6) is 1.58. The van der Waals surface area contributed by atoms with E-state index in [-0.39, 0.29) is 11.1 Å². The van der Waals surface area contributed by atoms with Gasteiger partial charge in [-0.15, -0.1) is 6.42 Å². The van der Waals surface area contributed by atoms with Gasteiger partial charge in [0, 0.05) is 5.56 Å². The number of hydrogen-bond donors (Lipinski definition) is 0. The van der Waals surface area contributed by atoms with E-state index in [9.17, 15) is 9.18 Å². The van der Waals surface area contributed by atoms with Crippen LogP contribution in [0.5, 0.6) is 0 Å². The molecule has 54 valence electrons. The zero-order valence-corrected chi connectivity index (χ0v) is 5.67. The standard InChI is InChI=1S/C9H5FO/c1-2-8-7(6-11)4-3-5-9(8)10/h1,3-6H. The first-order valence-electron chi connectivity index (χ1n) is 3.00.